The van der Waals surface area contributed by atoms with Crippen molar-refractivity contribution in [1.82, 2.24) is 10.1 Å². The minimum Gasteiger partial charge on any atom is -0.334 e. The second-order valence-electron chi connectivity index (χ2n) is 5.22. The van der Waals surface area contributed by atoms with Crippen LogP contribution in [0.5, 0.6) is 0 Å². The maximum atomic E-state index is 12.9. The Hall–Kier alpha value is -2.74. The first-order valence-electron chi connectivity index (χ1n) is 7.07. The molecule has 0 spiro atoms. The van der Waals surface area contributed by atoms with Crippen LogP contribution in [-0.4, -0.2) is 18.6 Å². The predicted molar refractivity (Wildman–Crippen MR) is 87.1 cm³/mol. The van der Waals surface area contributed by atoms with E-state index in [2.05, 4.69) is 14.9 Å². The molecule has 0 bridgehead atoms. The van der Waals surface area contributed by atoms with Crippen LogP contribution in [0.3, 0.4) is 0 Å². The minimum atomic E-state index is -3.63. The van der Waals surface area contributed by atoms with Crippen molar-refractivity contribution in [3.8, 4) is 11.5 Å². The molecule has 0 amide bonds. The topological polar surface area (TPSA) is 85.1 Å². The zero-order valence-electron chi connectivity index (χ0n) is 12.7. The van der Waals surface area contributed by atoms with Gasteiger partial charge in [0.1, 0.15) is 5.82 Å². The van der Waals surface area contributed by atoms with E-state index in [1.54, 1.807) is 31.2 Å². The van der Waals surface area contributed by atoms with Gasteiger partial charge in [-0.3, -0.25) is 4.72 Å². The number of aromatic nitrogens is 2. The first-order chi connectivity index (χ1) is 11.4. The van der Waals surface area contributed by atoms with Crippen molar-refractivity contribution in [2.24, 2.45) is 0 Å². The largest absolute Gasteiger partial charge is 0.334 e. The summed E-state index contributed by atoms with van der Waals surface area (Å²) in [5, 5.41) is 3.70. The number of hydrogen-bond acceptors (Lipinski definition) is 5. The van der Waals surface area contributed by atoms with Crippen molar-refractivity contribution < 1.29 is 17.3 Å². The number of anilines is 1. The molecular weight excluding hydrogens is 333 g/mol. The van der Waals surface area contributed by atoms with E-state index in [-0.39, 0.29) is 5.75 Å². The number of nitrogens with one attached hydrogen (secondary N) is 1. The molecule has 6 nitrogen and oxygen atoms in total. The van der Waals surface area contributed by atoms with Gasteiger partial charge in [0.05, 0.1) is 5.75 Å². The number of aryl methyl sites for hydroxylation is 1. The van der Waals surface area contributed by atoms with Crippen molar-refractivity contribution in [2.75, 3.05) is 4.72 Å². The average molecular weight is 347 g/mol. The summed E-state index contributed by atoms with van der Waals surface area (Å²) < 4.78 is 44.9. The lowest BCUT2D eigenvalue weighted by molar-refractivity contribution is 0.425. The average Bonchev–Trinajstić information content (AvgIpc) is 2.96. The number of nitrogens with zero attached hydrogens (tertiary/aromatic N) is 2. The molecule has 1 N–H and O–H groups in total. The summed E-state index contributed by atoms with van der Waals surface area (Å²) in [7, 11) is -3.63. The monoisotopic (exact) mass is 347 g/mol. The van der Waals surface area contributed by atoms with E-state index in [1.165, 1.54) is 24.3 Å². The molecule has 0 aliphatic rings. The molecule has 1 heterocycles. The van der Waals surface area contributed by atoms with Gasteiger partial charge in [0.15, 0.2) is 5.82 Å². The van der Waals surface area contributed by atoms with Crippen molar-refractivity contribution in [3.05, 3.63) is 65.7 Å². The smallest absolute Gasteiger partial charge is 0.257 e. The lowest BCUT2D eigenvalue weighted by Crippen LogP contribution is -2.15. The third kappa shape index (κ3) is 3.96. The maximum absolute atomic E-state index is 12.9. The molecule has 0 atom stereocenters. The highest BCUT2D eigenvalue weighted by molar-refractivity contribution is 7.91. The third-order valence-corrected chi connectivity index (χ3v) is 4.44. The van der Waals surface area contributed by atoms with Crippen molar-refractivity contribution in [1.29, 1.82) is 0 Å². The zero-order chi connectivity index (χ0) is 17.2. The highest BCUT2D eigenvalue weighted by Gasteiger charge is 2.13. The van der Waals surface area contributed by atoms with Gasteiger partial charge in [-0.25, -0.2) is 12.8 Å². The molecule has 3 rings (SSSR count). The second kappa shape index (κ2) is 6.40. The molecule has 0 saturated heterocycles. The van der Waals surface area contributed by atoms with Gasteiger partial charge in [-0.05, 0) is 42.8 Å². The third-order valence-electron chi connectivity index (χ3n) is 3.18. The highest BCUT2D eigenvalue weighted by Crippen LogP contribution is 2.22. The molecule has 0 radical (unpaired) electrons. The van der Waals surface area contributed by atoms with Crippen LogP contribution >= 0.6 is 0 Å². The van der Waals surface area contributed by atoms with Gasteiger partial charge >= 0.3 is 0 Å². The van der Waals surface area contributed by atoms with E-state index >= 15 is 0 Å². The first-order valence-corrected chi connectivity index (χ1v) is 8.72. The van der Waals surface area contributed by atoms with Crippen LogP contribution in [0.4, 0.5) is 10.1 Å². The Morgan fingerprint density at radius 3 is 2.58 bits per heavy atom. The Balaban J connectivity index is 1.78. The second-order valence-corrected chi connectivity index (χ2v) is 6.94. The molecule has 0 aliphatic heterocycles. The van der Waals surface area contributed by atoms with Crippen LogP contribution in [-0.2, 0) is 15.8 Å². The predicted octanol–water partition coefficient (Wildman–Crippen LogP) is 3.13. The fourth-order valence-electron chi connectivity index (χ4n) is 2.15. The normalized spacial score (nSPS) is 11.4. The van der Waals surface area contributed by atoms with Crippen LogP contribution in [0.25, 0.3) is 11.5 Å². The summed E-state index contributed by atoms with van der Waals surface area (Å²) in [4.78, 5) is 4.10. The number of halogens is 1. The molecule has 1 aromatic heterocycles. The summed E-state index contributed by atoms with van der Waals surface area (Å²) in [6.45, 7) is 1.70. The van der Waals surface area contributed by atoms with E-state index in [9.17, 15) is 12.8 Å². The molecule has 0 saturated carbocycles. The Morgan fingerprint density at radius 1 is 1.17 bits per heavy atom. The summed E-state index contributed by atoms with van der Waals surface area (Å²) in [5.74, 6) is 0.142. The van der Waals surface area contributed by atoms with Crippen molar-refractivity contribution in [2.45, 2.75) is 12.7 Å². The van der Waals surface area contributed by atoms with Crippen molar-refractivity contribution >= 4 is 15.7 Å². The summed E-state index contributed by atoms with van der Waals surface area (Å²) in [6, 6.07) is 12.0. The Morgan fingerprint density at radius 2 is 1.92 bits per heavy atom. The van der Waals surface area contributed by atoms with Crippen molar-refractivity contribution in [3.63, 3.8) is 0 Å². The van der Waals surface area contributed by atoms with Gasteiger partial charge in [0, 0.05) is 11.3 Å². The van der Waals surface area contributed by atoms with Crippen LogP contribution in [0.15, 0.2) is 53.1 Å². The number of benzene rings is 2. The molecule has 2 aromatic carbocycles. The first kappa shape index (κ1) is 16.1. The van der Waals surface area contributed by atoms with Gasteiger partial charge in [0.2, 0.25) is 10.0 Å². The lowest BCUT2D eigenvalue weighted by atomic mass is 10.2. The van der Waals surface area contributed by atoms with Crippen LogP contribution in [0.2, 0.25) is 0 Å². The quantitative estimate of drug-likeness (QED) is 0.766. The zero-order valence-corrected chi connectivity index (χ0v) is 13.5. The Bertz CT molecular complexity index is 953. The van der Waals surface area contributed by atoms with Crippen LogP contribution in [0, 0.1) is 12.7 Å². The summed E-state index contributed by atoms with van der Waals surface area (Å²) >= 11 is 0. The lowest BCUT2D eigenvalue weighted by Gasteiger charge is -2.09. The van der Waals surface area contributed by atoms with Crippen LogP contribution in [0.1, 0.15) is 11.4 Å². The van der Waals surface area contributed by atoms with Gasteiger partial charge in [-0.15, -0.1) is 0 Å². The van der Waals surface area contributed by atoms with E-state index in [4.69, 9.17) is 4.52 Å². The van der Waals surface area contributed by atoms with E-state index in [0.29, 0.717) is 28.5 Å². The maximum Gasteiger partial charge on any atom is 0.257 e. The number of sulfonamides is 1. The Labute approximate surface area is 138 Å². The van der Waals surface area contributed by atoms with E-state index in [0.717, 1.165) is 0 Å². The minimum absolute atomic E-state index is 0.253. The van der Waals surface area contributed by atoms with Gasteiger partial charge in [-0.1, -0.05) is 23.4 Å². The van der Waals surface area contributed by atoms with E-state index < -0.39 is 15.8 Å². The van der Waals surface area contributed by atoms with Gasteiger partial charge < -0.3 is 4.52 Å². The molecule has 0 fully saturated rings. The molecule has 8 heteroatoms. The molecule has 3 aromatic rings. The fraction of sp³-hybridized carbons (Fsp3) is 0.125. The van der Waals surface area contributed by atoms with Crippen LogP contribution < -0.4 is 4.72 Å². The van der Waals surface area contributed by atoms with Gasteiger partial charge in [0.25, 0.3) is 5.89 Å². The summed E-state index contributed by atoms with van der Waals surface area (Å²) in [5.41, 5.74) is 1.48. The SMILES string of the molecule is Cc1noc(-c2cccc(NS(=O)(=O)Cc3ccc(F)cc3)c2)n1. The van der Waals surface area contributed by atoms with Gasteiger partial charge in [-0.2, -0.15) is 4.98 Å². The Kier molecular flexibility index (Phi) is 4.30. The molecule has 124 valence electrons. The molecule has 0 unspecified atom stereocenters. The highest BCUT2D eigenvalue weighted by atomic mass is 32.2. The fourth-order valence-corrected chi connectivity index (χ4v) is 3.34. The van der Waals surface area contributed by atoms with E-state index in [1.807, 2.05) is 0 Å². The number of hydrogen-bond donors (Lipinski definition) is 1. The molecular formula is C16H14FN3O3S. The molecule has 0 aliphatic carbocycles. The summed E-state index contributed by atoms with van der Waals surface area (Å²) in [6.07, 6.45) is 0. The molecule has 24 heavy (non-hydrogen) atoms. The number of rotatable bonds is 5. The standard InChI is InChI=1S/C16H14FN3O3S/c1-11-18-16(23-19-11)13-3-2-4-15(9-13)20-24(21,22)10-12-5-7-14(17)8-6-12/h2-9,20H,10H2,1H3.